The average molecular weight is 270 g/mol. The van der Waals surface area contributed by atoms with Crippen molar-refractivity contribution < 1.29 is 9.47 Å². The van der Waals surface area contributed by atoms with Crippen LogP contribution >= 0.6 is 0 Å². The highest BCUT2D eigenvalue weighted by atomic mass is 16.5. The van der Waals surface area contributed by atoms with Gasteiger partial charge in [-0.05, 0) is 31.2 Å². The summed E-state index contributed by atoms with van der Waals surface area (Å²) < 4.78 is 10.9. The summed E-state index contributed by atoms with van der Waals surface area (Å²) in [5, 5.41) is 11.8. The first-order chi connectivity index (χ1) is 9.78. The van der Waals surface area contributed by atoms with Crippen molar-refractivity contribution in [3.05, 3.63) is 36.2 Å². The molecular weight excluding hydrogens is 256 g/mol. The summed E-state index contributed by atoms with van der Waals surface area (Å²) in [5.41, 5.74) is 0.570. The van der Waals surface area contributed by atoms with Crippen molar-refractivity contribution in [1.82, 2.24) is 9.97 Å². The molecule has 0 unspecified atom stereocenters. The number of anilines is 1. The van der Waals surface area contributed by atoms with Gasteiger partial charge in [-0.1, -0.05) is 0 Å². The molecule has 102 valence electrons. The Bertz CT molecular complexity index is 620. The lowest BCUT2D eigenvalue weighted by Crippen LogP contribution is -2.04. The molecule has 1 heterocycles. The molecule has 0 radical (unpaired) electrons. The number of hydrogen-bond acceptors (Lipinski definition) is 6. The van der Waals surface area contributed by atoms with Gasteiger partial charge in [0.25, 0.3) is 5.88 Å². The van der Waals surface area contributed by atoms with Gasteiger partial charge in [-0.3, -0.25) is 0 Å². The van der Waals surface area contributed by atoms with Gasteiger partial charge in [0.1, 0.15) is 12.1 Å². The van der Waals surface area contributed by atoms with Gasteiger partial charge in [0, 0.05) is 6.54 Å². The molecule has 0 aliphatic carbocycles. The van der Waals surface area contributed by atoms with E-state index < -0.39 is 0 Å². The molecule has 1 aromatic carbocycles. The summed E-state index contributed by atoms with van der Waals surface area (Å²) in [5.74, 6) is 1.92. The lowest BCUT2D eigenvalue weighted by atomic mass is 10.2. The molecule has 20 heavy (non-hydrogen) atoms. The summed E-state index contributed by atoms with van der Waals surface area (Å²) in [6.07, 6.45) is 1.40. The first-order valence-corrected chi connectivity index (χ1v) is 6.09. The van der Waals surface area contributed by atoms with Gasteiger partial charge < -0.3 is 14.8 Å². The van der Waals surface area contributed by atoms with Gasteiger partial charge >= 0.3 is 0 Å². The van der Waals surface area contributed by atoms with Crippen LogP contribution in [0.5, 0.6) is 17.4 Å². The summed E-state index contributed by atoms with van der Waals surface area (Å²) >= 11 is 0. The van der Waals surface area contributed by atoms with E-state index in [1.165, 1.54) is 13.4 Å². The lowest BCUT2D eigenvalue weighted by Gasteiger charge is -2.12. The molecule has 0 saturated carbocycles. The molecule has 2 aromatic rings. The molecule has 6 nitrogen and oxygen atoms in total. The number of benzene rings is 1. The average Bonchev–Trinajstić information content (AvgIpc) is 2.49. The third-order valence-electron chi connectivity index (χ3n) is 2.52. The predicted octanol–water partition coefficient (Wildman–Crippen LogP) is 2.58. The first-order valence-electron chi connectivity index (χ1n) is 6.09. The van der Waals surface area contributed by atoms with Gasteiger partial charge in [-0.25, -0.2) is 4.98 Å². The molecule has 0 bridgehead atoms. The standard InChI is InChI=1S/C14H14N4O2/c1-3-16-13-12(19-2)14(18-9-17-13)20-11-6-4-10(8-15)5-7-11/h4-7,9H,3H2,1-2H3,(H,16,17,18). The molecule has 0 saturated heterocycles. The van der Waals surface area contributed by atoms with Crippen LogP contribution < -0.4 is 14.8 Å². The number of ether oxygens (including phenoxy) is 2. The zero-order chi connectivity index (χ0) is 14.4. The Balaban J connectivity index is 2.28. The highest BCUT2D eigenvalue weighted by molar-refractivity contribution is 5.55. The second-order valence-corrected chi connectivity index (χ2v) is 3.83. The van der Waals surface area contributed by atoms with Crippen LogP contribution in [0.2, 0.25) is 0 Å². The first kappa shape index (κ1) is 13.6. The molecule has 0 fully saturated rings. The van der Waals surface area contributed by atoms with Crippen LogP contribution in [0.25, 0.3) is 0 Å². The zero-order valence-corrected chi connectivity index (χ0v) is 11.3. The minimum absolute atomic E-state index is 0.322. The quantitative estimate of drug-likeness (QED) is 0.899. The van der Waals surface area contributed by atoms with Crippen molar-refractivity contribution in [2.45, 2.75) is 6.92 Å². The molecule has 6 heteroatoms. The molecule has 0 spiro atoms. The number of nitriles is 1. The van der Waals surface area contributed by atoms with Crippen molar-refractivity contribution in [2.75, 3.05) is 19.0 Å². The molecule has 0 atom stereocenters. The Labute approximate surface area is 117 Å². The predicted molar refractivity (Wildman–Crippen MR) is 74.0 cm³/mol. The fraction of sp³-hybridized carbons (Fsp3) is 0.214. The molecule has 0 aliphatic rings. The third-order valence-corrected chi connectivity index (χ3v) is 2.52. The number of methoxy groups -OCH3 is 1. The Morgan fingerprint density at radius 1 is 1.25 bits per heavy atom. The van der Waals surface area contributed by atoms with Gasteiger partial charge in [0.15, 0.2) is 5.82 Å². The number of nitrogens with one attached hydrogen (secondary N) is 1. The summed E-state index contributed by atoms with van der Waals surface area (Å²) in [7, 11) is 1.53. The van der Waals surface area contributed by atoms with Crippen LogP contribution in [-0.4, -0.2) is 23.6 Å². The number of rotatable bonds is 5. The summed E-state index contributed by atoms with van der Waals surface area (Å²) in [6.45, 7) is 2.67. The van der Waals surface area contributed by atoms with Gasteiger partial charge in [-0.15, -0.1) is 0 Å². The summed E-state index contributed by atoms with van der Waals surface area (Å²) in [6, 6.07) is 8.80. The van der Waals surface area contributed by atoms with Crippen molar-refractivity contribution in [2.24, 2.45) is 0 Å². The Hall–Kier alpha value is -2.81. The van der Waals surface area contributed by atoms with E-state index in [2.05, 4.69) is 21.4 Å². The van der Waals surface area contributed by atoms with Crippen LogP contribution in [0.1, 0.15) is 12.5 Å². The SMILES string of the molecule is CCNc1ncnc(Oc2ccc(C#N)cc2)c1OC. The Morgan fingerprint density at radius 2 is 2.00 bits per heavy atom. The largest absolute Gasteiger partial charge is 0.489 e. The van der Waals surface area contributed by atoms with E-state index in [-0.39, 0.29) is 0 Å². The van der Waals surface area contributed by atoms with Gasteiger partial charge in [-0.2, -0.15) is 10.2 Å². The second kappa shape index (κ2) is 6.38. The van der Waals surface area contributed by atoms with E-state index in [0.29, 0.717) is 35.3 Å². The molecule has 1 N–H and O–H groups in total. The topological polar surface area (TPSA) is 80.1 Å². The van der Waals surface area contributed by atoms with Crippen molar-refractivity contribution in [3.63, 3.8) is 0 Å². The third kappa shape index (κ3) is 2.95. The maximum Gasteiger partial charge on any atom is 0.268 e. The van der Waals surface area contributed by atoms with E-state index >= 15 is 0 Å². The molecule has 1 aromatic heterocycles. The molecular formula is C14H14N4O2. The van der Waals surface area contributed by atoms with E-state index in [4.69, 9.17) is 14.7 Å². The van der Waals surface area contributed by atoms with E-state index in [1.807, 2.05) is 6.92 Å². The monoisotopic (exact) mass is 270 g/mol. The second-order valence-electron chi connectivity index (χ2n) is 3.83. The lowest BCUT2D eigenvalue weighted by molar-refractivity contribution is 0.369. The van der Waals surface area contributed by atoms with Crippen LogP contribution in [0, 0.1) is 11.3 Å². The van der Waals surface area contributed by atoms with E-state index in [9.17, 15) is 0 Å². The highest BCUT2D eigenvalue weighted by Gasteiger charge is 2.13. The van der Waals surface area contributed by atoms with Crippen molar-refractivity contribution in [3.8, 4) is 23.4 Å². The van der Waals surface area contributed by atoms with Crippen LogP contribution in [0.3, 0.4) is 0 Å². The minimum atomic E-state index is 0.322. The van der Waals surface area contributed by atoms with Crippen LogP contribution in [0.4, 0.5) is 5.82 Å². The number of aromatic nitrogens is 2. The van der Waals surface area contributed by atoms with Crippen LogP contribution in [-0.2, 0) is 0 Å². The molecule has 0 amide bonds. The smallest absolute Gasteiger partial charge is 0.268 e. The maximum absolute atomic E-state index is 8.76. The molecule has 2 rings (SSSR count). The van der Waals surface area contributed by atoms with E-state index in [1.54, 1.807) is 24.3 Å². The van der Waals surface area contributed by atoms with Crippen molar-refractivity contribution in [1.29, 1.82) is 5.26 Å². The number of nitrogens with zero attached hydrogens (tertiary/aromatic N) is 3. The maximum atomic E-state index is 8.76. The fourth-order valence-electron chi connectivity index (χ4n) is 1.62. The minimum Gasteiger partial charge on any atom is -0.489 e. The Morgan fingerprint density at radius 3 is 2.60 bits per heavy atom. The van der Waals surface area contributed by atoms with Gasteiger partial charge in [0.05, 0.1) is 18.7 Å². The molecule has 0 aliphatic heterocycles. The zero-order valence-electron chi connectivity index (χ0n) is 11.3. The number of hydrogen-bond donors (Lipinski definition) is 1. The fourth-order valence-corrected chi connectivity index (χ4v) is 1.62. The van der Waals surface area contributed by atoms with E-state index in [0.717, 1.165) is 0 Å². The van der Waals surface area contributed by atoms with Crippen molar-refractivity contribution >= 4 is 5.82 Å². The van der Waals surface area contributed by atoms with Crippen LogP contribution in [0.15, 0.2) is 30.6 Å². The summed E-state index contributed by atoms with van der Waals surface area (Å²) in [4.78, 5) is 8.17. The normalized spacial score (nSPS) is 9.65. The Kier molecular flexibility index (Phi) is 4.35. The van der Waals surface area contributed by atoms with Gasteiger partial charge in [0.2, 0.25) is 5.75 Å². The highest BCUT2D eigenvalue weighted by Crippen LogP contribution is 2.33.